The van der Waals surface area contributed by atoms with E-state index in [1.165, 1.54) is 6.07 Å². The van der Waals surface area contributed by atoms with Gasteiger partial charge in [0.1, 0.15) is 5.75 Å². The van der Waals surface area contributed by atoms with Crippen LogP contribution in [0.5, 0.6) is 11.6 Å². The van der Waals surface area contributed by atoms with Gasteiger partial charge < -0.3 is 15.0 Å². The van der Waals surface area contributed by atoms with Gasteiger partial charge in [-0.05, 0) is 76.7 Å². The molecule has 4 heterocycles. The molecule has 1 N–H and O–H groups in total. The summed E-state index contributed by atoms with van der Waals surface area (Å²) < 4.78 is 22.2. The van der Waals surface area contributed by atoms with Crippen LogP contribution in [0.2, 0.25) is 0 Å². The molecule has 0 radical (unpaired) electrons. The van der Waals surface area contributed by atoms with Crippen LogP contribution in [-0.4, -0.2) is 39.8 Å². The summed E-state index contributed by atoms with van der Waals surface area (Å²) in [6.45, 7) is 4.08. The van der Waals surface area contributed by atoms with Gasteiger partial charge in [0.15, 0.2) is 0 Å². The van der Waals surface area contributed by atoms with Crippen LogP contribution in [-0.2, 0) is 11.2 Å². The first kappa shape index (κ1) is 22.2. The van der Waals surface area contributed by atoms with Crippen LogP contribution in [0.25, 0.3) is 11.1 Å². The standard InChI is InChI=1S/C27H30FN5O2/c1-17-5-8-22-23(33(17)27(34)18-6-7-18)10-9-21(26(22)35-25-4-2-3-24(28)31-25)19-15-30-32(16-19)20-11-13-29-14-12-20/h2-4,9-10,15-18,20,29H,5-8,11-14H2,1H3. The van der Waals surface area contributed by atoms with Gasteiger partial charge in [0.05, 0.1) is 17.9 Å². The molecule has 1 unspecified atom stereocenters. The minimum Gasteiger partial charge on any atom is -0.438 e. The summed E-state index contributed by atoms with van der Waals surface area (Å²) in [6.07, 6.45) is 9.55. The third-order valence-corrected chi connectivity index (χ3v) is 7.40. The number of nitrogens with zero attached hydrogens (tertiary/aromatic N) is 4. The second-order valence-electron chi connectivity index (χ2n) is 9.90. The molecular formula is C27H30FN5O2. The predicted molar refractivity (Wildman–Crippen MR) is 131 cm³/mol. The molecule has 1 aromatic carbocycles. The largest absolute Gasteiger partial charge is 0.438 e. The zero-order chi connectivity index (χ0) is 23.9. The number of anilines is 1. The molecule has 3 aliphatic rings. The van der Waals surface area contributed by atoms with Gasteiger partial charge >= 0.3 is 0 Å². The van der Waals surface area contributed by atoms with Crippen LogP contribution < -0.4 is 15.0 Å². The fraction of sp³-hybridized carbons (Fsp3) is 0.444. The maximum absolute atomic E-state index is 13.9. The Morgan fingerprint density at radius 3 is 2.71 bits per heavy atom. The van der Waals surface area contributed by atoms with Crippen molar-refractivity contribution in [2.24, 2.45) is 5.92 Å². The number of fused-ring (bicyclic) bond motifs is 1. The Labute approximate surface area is 204 Å². The molecule has 2 fully saturated rings. The first-order valence-corrected chi connectivity index (χ1v) is 12.6. The van der Waals surface area contributed by atoms with Crippen LogP contribution >= 0.6 is 0 Å². The third kappa shape index (κ3) is 4.31. The van der Waals surface area contributed by atoms with Crippen molar-refractivity contribution in [1.82, 2.24) is 20.1 Å². The second-order valence-corrected chi connectivity index (χ2v) is 9.90. The molecule has 7 nitrogen and oxygen atoms in total. The van der Waals surface area contributed by atoms with Crippen molar-refractivity contribution in [3.63, 3.8) is 0 Å². The molecule has 6 rings (SSSR count). The Morgan fingerprint density at radius 1 is 1.11 bits per heavy atom. The van der Waals surface area contributed by atoms with Crippen molar-refractivity contribution >= 4 is 11.6 Å². The smallest absolute Gasteiger partial charge is 0.230 e. The Morgan fingerprint density at radius 2 is 1.94 bits per heavy atom. The van der Waals surface area contributed by atoms with E-state index in [4.69, 9.17) is 4.74 Å². The number of ether oxygens (including phenoxy) is 1. The van der Waals surface area contributed by atoms with E-state index in [0.29, 0.717) is 11.8 Å². The fourth-order valence-electron chi connectivity index (χ4n) is 5.31. The molecule has 1 amide bonds. The number of carbonyl (C=O) groups excluding carboxylic acids is 1. The number of hydrogen-bond donors (Lipinski definition) is 1. The van der Waals surface area contributed by atoms with Gasteiger partial charge in [0, 0.05) is 40.9 Å². The van der Waals surface area contributed by atoms with E-state index in [1.54, 1.807) is 12.1 Å². The quantitative estimate of drug-likeness (QED) is 0.533. The number of hydrogen-bond acceptors (Lipinski definition) is 5. The molecule has 1 saturated heterocycles. The maximum atomic E-state index is 13.9. The maximum Gasteiger partial charge on any atom is 0.230 e. The molecule has 1 saturated carbocycles. The van der Waals surface area contributed by atoms with Crippen molar-refractivity contribution in [1.29, 1.82) is 0 Å². The average Bonchev–Trinajstić information content (AvgIpc) is 3.61. The van der Waals surface area contributed by atoms with Crippen molar-refractivity contribution in [3.05, 3.63) is 54.2 Å². The summed E-state index contributed by atoms with van der Waals surface area (Å²) in [7, 11) is 0. The van der Waals surface area contributed by atoms with E-state index >= 15 is 0 Å². The molecule has 1 aliphatic carbocycles. The number of nitrogens with one attached hydrogen (secondary N) is 1. The van der Waals surface area contributed by atoms with Gasteiger partial charge in [0.2, 0.25) is 17.7 Å². The van der Waals surface area contributed by atoms with E-state index in [2.05, 4.69) is 28.5 Å². The number of rotatable bonds is 5. The third-order valence-electron chi connectivity index (χ3n) is 7.40. The van der Waals surface area contributed by atoms with Gasteiger partial charge in [-0.25, -0.2) is 0 Å². The Hall–Kier alpha value is -3.26. The van der Waals surface area contributed by atoms with Gasteiger partial charge in [-0.3, -0.25) is 9.48 Å². The van der Waals surface area contributed by atoms with Crippen LogP contribution in [0.1, 0.15) is 50.6 Å². The highest BCUT2D eigenvalue weighted by atomic mass is 19.1. The second kappa shape index (κ2) is 9.07. The monoisotopic (exact) mass is 475 g/mol. The zero-order valence-electron chi connectivity index (χ0n) is 19.9. The summed E-state index contributed by atoms with van der Waals surface area (Å²) >= 11 is 0. The molecule has 2 aromatic heterocycles. The van der Waals surface area contributed by atoms with E-state index in [9.17, 15) is 9.18 Å². The Bertz CT molecular complexity index is 1250. The van der Waals surface area contributed by atoms with Gasteiger partial charge in [0.25, 0.3) is 0 Å². The highest BCUT2D eigenvalue weighted by molar-refractivity contribution is 5.99. The first-order chi connectivity index (χ1) is 17.1. The number of carbonyl (C=O) groups is 1. The SMILES string of the molecule is CC1CCc2c(ccc(-c3cnn(C4CCNCC4)c3)c2Oc2cccc(F)n2)N1C(=O)C1CC1. The van der Waals surface area contributed by atoms with Gasteiger partial charge in [-0.2, -0.15) is 14.5 Å². The van der Waals surface area contributed by atoms with Crippen molar-refractivity contribution in [3.8, 4) is 22.8 Å². The van der Waals surface area contributed by atoms with Gasteiger partial charge in [-0.15, -0.1) is 0 Å². The van der Waals surface area contributed by atoms with Crippen molar-refractivity contribution in [2.45, 2.75) is 57.5 Å². The lowest BCUT2D eigenvalue weighted by Crippen LogP contribution is -2.43. The number of aromatic nitrogens is 3. The number of benzene rings is 1. The lowest BCUT2D eigenvalue weighted by Gasteiger charge is -2.36. The summed E-state index contributed by atoms with van der Waals surface area (Å²) in [5.41, 5.74) is 3.68. The Balaban J connectivity index is 1.44. The van der Waals surface area contributed by atoms with Crippen LogP contribution in [0.3, 0.4) is 0 Å². The molecule has 0 bridgehead atoms. The minimum atomic E-state index is -0.591. The van der Waals surface area contributed by atoms with E-state index in [0.717, 1.165) is 74.0 Å². The number of amides is 1. The lowest BCUT2D eigenvalue weighted by atomic mass is 9.92. The highest BCUT2D eigenvalue weighted by Gasteiger charge is 2.39. The van der Waals surface area contributed by atoms with E-state index < -0.39 is 5.95 Å². The summed E-state index contributed by atoms with van der Waals surface area (Å²) in [5.74, 6) is 0.557. The molecular weight excluding hydrogens is 445 g/mol. The number of halogens is 1. The minimum absolute atomic E-state index is 0.126. The fourth-order valence-corrected chi connectivity index (χ4v) is 5.31. The molecule has 3 aromatic rings. The Kier molecular flexibility index (Phi) is 5.76. The predicted octanol–water partition coefficient (Wildman–Crippen LogP) is 4.88. The molecule has 2 aliphatic heterocycles. The summed E-state index contributed by atoms with van der Waals surface area (Å²) in [5, 5.41) is 8.07. The summed E-state index contributed by atoms with van der Waals surface area (Å²) in [4.78, 5) is 19.1. The van der Waals surface area contributed by atoms with Crippen molar-refractivity contribution in [2.75, 3.05) is 18.0 Å². The van der Waals surface area contributed by atoms with Gasteiger partial charge in [-0.1, -0.05) is 6.07 Å². The zero-order valence-corrected chi connectivity index (χ0v) is 19.9. The van der Waals surface area contributed by atoms with E-state index in [1.807, 2.05) is 27.9 Å². The van der Waals surface area contributed by atoms with Crippen LogP contribution in [0, 0.1) is 11.9 Å². The first-order valence-electron chi connectivity index (χ1n) is 12.6. The van der Waals surface area contributed by atoms with E-state index in [-0.39, 0.29) is 23.7 Å². The average molecular weight is 476 g/mol. The number of piperidine rings is 1. The van der Waals surface area contributed by atoms with Crippen LogP contribution in [0.4, 0.5) is 10.1 Å². The van der Waals surface area contributed by atoms with Crippen LogP contribution in [0.15, 0.2) is 42.7 Å². The molecule has 8 heteroatoms. The normalized spacial score (nSPS) is 20.5. The topological polar surface area (TPSA) is 72.3 Å². The molecule has 1 atom stereocenters. The summed E-state index contributed by atoms with van der Waals surface area (Å²) in [6, 6.07) is 9.08. The lowest BCUT2D eigenvalue weighted by molar-refractivity contribution is -0.120. The molecule has 182 valence electrons. The highest BCUT2D eigenvalue weighted by Crippen LogP contribution is 2.46. The molecule has 0 spiro atoms. The molecule has 35 heavy (non-hydrogen) atoms. The number of pyridine rings is 1. The van der Waals surface area contributed by atoms with Crippen molar-refractivity contribution < 1.29 is 13.9 Å².